The largest absolute Gasteiger partial charge is 0.490 e. The van der Waals surface area contributed by atoms with Crippen molar-refractivity contribution in [2.45, 2.75) is 13.8 Å². The molecule has 0 aliphatic heterocycles. The molecule has 2 N–H and O–H groups in total. The number of aryl methyl sites for hydroxylation is 2. The zero-order chi connectivity index (χ0) is 13.7. The van der Waals surface area contributed by atoms with E-state index in [1.54, 1.807) is 0 Å². The maximum atomic E-state index is 5.87. The van der Waals surface area contributed by atoms with Gasteiger partial charge in [-0.1, -0.05) is 24.3 Å². The molecule has 0 spiro atoms. The van der Waals surface area contributed by atoms with Gasteiger partial charge in [0.15, 0.2) is 0 Å². The number of rotatable bonds is 5. The van der Waals surface area contributed by atoms with Crippen molar-refractivity contribution in [3.63, 3.8) is 0 Å². The first-order valence-corrected chi connectivity index (χ1v) is 6.34. The van der Waals surface area contributed by atoms with Crippen LogP contribution in [0, 0.1) is 13.8 Å². The SMILES string of the molecule is Cc1cc(C)c(OCCOc2ccccc2)cc1N. The lowest BCUT2D eigenvalue weighted by atomic mass is 10.1. The average molecular weight is 257 g/mol. The van der Waals surface area contributed by atoms with Gasteiger partial charge in [-0.3, -0.25) is 0 Å². The third-order valence-electron chi connectivity index (χ3n) is 2.92. The zero-order valence-electron chi connectivity index (χ0n) is 11.3. The van der Waals surface area contributed by atoms with E-state index in [4.69, 9.17) is 15.2 Å². The van der Waals surface area contributed by atoms with Crippen LogP contribution in [-0.4, -0.2) is 13.2 Å². The first kappa shape index (κ1) is 13.3. The van der Waals surface area contributed by atoms with Crippen LogP contribution in [0.5, 0.6) is 11.5 Å². The number of nitrogens with two attached hydrogens (primary N) is 1. The summed E-state index contributed by atoms with van der Waals surface area (Å²) in [5, 5.41) is 0. The Labute approximate surface area is 114 Å². The van der Waals surface area contributed by atoms with Gasteiger partial charge in [0.05, 0.1) is 0 Å². The second kappa shape index (κ2) is 6.14. The first-order chi connectivity index (χ1) is 9.16. The highest BCUT2D eigenvalue weighted by Crippen LogP contribution is 2.24. The summed E-state index contributed by atoms with van der Waals surface area (Å²) < 4.78 is 11.3. The van der Waals surface area contributed by atoms with E-state index in [2.05, 4.69) is 0 Å². The maximum Gasteiger partial charge on any atom is 0.124 e. The summed E-state index contributed by atoms with van der Waals surface area (Å²) >= 11 is 0. The molecule has 0 fully saturated rings. The van der Waals surface area contributed by atoms with Crippen LogP contribution in [0.3, 0.4) is 0 Å². The molecule has 3 heteroatoms. The van der Waals surface area contributed by atoms with E-state index in [0.717, 1.165) is 28.3 Å². The second-order valence-corrected chi connectivity index (χ2v) is 4.48. The van der Waals surface area contributed by atoms with Crippen LogP contribution in [0.4, 0.5) is 5.69 Å². The molecule has 0 bridgehead atoms. The molecule has 0 aliphatic carbocycles. The van der Waals surface area contributed by atoms with Crippen molar-refractivity contribution in [2.75, 3.05) is 18.9 Å². The van der Waals surface area contributed by atoms with E-state index in [9.17, 15) is 0 Å². The molecule has 0 amide bonds. The van der Waals surface area contributed by atoms with Gasteiger partial charge in [-0.15, -0.1) is 0 Å². The highest BCUT2D eigenvalue weighted by atomic mass is 16.5. The Bertz CT molecular complexity index is 538. The fraction of sp³-hybridized carbons (Fsp3) is 0.250. The van der Waals surface area contributed by atoms with Gasteiger partial charge in [-0.2, -0.15) is 0 Å². The molecule has 2 aromatic rings. The topological polar surface area (TPSA) is 44.5 Å². The number of hydrogen-bond acceptors (Lipinski definition) is 3. The third-order valence-corrected chi connectivity index (χ3v) is 2.92. The number of hydrogen-bond donors (Lipinski definition) is 1. The summed E-state index contributed by atoms with van der Waals surface area (Å²) in [6, 6.07) is 13.6. The van der Waals surface area contributed by atoms with Crippen molar-refractivity contribution in [2.24, 2.45) is 0 Å². The minimum atomic E-state index is 0.498. The van der Waals surface area contributed by atoms with Crippen molar-refractivity contribution in [3.8, 4) is 11.5 Å². The molecule has 0 heterocycles. The van der Waals surface area contributed by atoms with Gasteiger partial charge in [-0.25, -0.2) is 0 Å². The minimum absolute atomic E-state index is 0.498. The lowest BCUT2D eigenvalue weighted by Crippen LogP contribution is -2.10. The number of benzene rings is 2. The Hall–Kier alpha value is -2.16. The lowest BCUT2D eigenvalue weighted by Gasteiger charge is -2.12. The second-order valence-electron chi connectivity index (χ2n) is 4.48. The summed E-state index contributed by atoms with van der Waals surface area (Å²) in [7, 11) is 0. The molecular weight excluding hydrogens is 238 g/mol. The van der Waals surface area contributed by atoms with Crippen LogP contribution in [0.1, 0.15) is 11.1 Å². The molecule has 19 heavy (non-hydrogen) atoms. The standard InChI is InChI=1S/C16H19NO2/c1-12-10-13(2)16(11-15(12)17)19-9-8-18-14-6-4-3-5-7-14/h3-7,10-11H,8-9,17H2,1-2H3. The van der Waals surface area contributed by atoms with Gasteiger partial charge in [0.2, 0.25) is 0 Å². The van der Waals surface area contributed by atoms with E-state index in [1.165, 1.54) is 0 Å². The van der Waals surface area contributed by atoms with Crippen LogP contribution >= 0.6 is 0 Å². The van der Waals surface area contributed by atoms with Crippen molar-refractivity contribution < 1.29 is 9.47 Å². The van der Waals surface area contributed by atoms with E-state index >= 15 is 0 Å². The summed E-state index contributed by atoms with van der Waals surface area (Å²) in [6.45, 7) is 5.01. The Morgan fingerprint density at radius 1 is 0.895 bits per heavy atom. The highest BCUT2D eigenvalue weighted by molar-refractivity contribution is 5.54. The Balaban J connectivity index is 1.85. The molecule has 0 unspecified atom stereocenters. The van der Waals surface area contributed by atoms with E-state index < -0.39 is 0 Å². The van der Waals surface area contributed by atoms with Gasteiger partial charge in [-0.05, 0) is 37.1 Å². The molecule has 2 rings (SSSR count). The van der Waals surface area contributed by atoms with E-state index in [-0.39, 0.29) is 0 Å². The molecule has 0 aliphatic rings. The van der Waals surface area contributed by atoms with Crippen molar-refractivity contribution >= 4 is 5.69 Å². The van der Waals surface area contributed by atoms with Crippen LogP contribution in [0.15, 0.2) is 42.5 Å². The molecule has 0 aromatic heterocycles. The molecular formula is C16H19NO2. The average Bonchev–Trinajstić information content (AvgIpc) is 2.41. The molecule has 2 aromatic carbocycles. The van der Waals surface area contributed by atoms with E-state index in [0.29, 0.717) is 13.2 Å². The Morgan fingerprint density at radius 3 is 2.32 bits per heavy atom. The molecule has 0 radical (unpaired) electrons. The van der Waals surface area contributed by atoms with Crippen molar-refractivity contribution in [3.05, 3.63) is 53.6 Å². The van der Waals surface area contributed by atoms with Gasteiger partial charge >= 0.3 is 0 Å². The van der Waals surface area contributed by atoms with Gasteiger partial charge in [0.1, 0.15) is 24.7 Å². The zero-order valence-corrected chi connectivity index (χ0v) is 11.3. The quantitative estimate of drug-likeness (QED) is 0.660. The minimum Gasteiger partial charge on any atom is -0.490 e. The summed E-state index contributed by atoms with van der Waals surface area (Å²) in [6.07, 6.45) is 0. The molecule has 3 nitrogen and oxygen atoms in total. The smallest absolute Gasteiger partial charge is 0.124 e. The van der Waals surface area contributed by atoms with Crippen LogP contribution in [-0.2, 0) is 0 Å². The van der Waals surface area contributed by atoms with Crippen molar-refractivity contribution in [1.82, 2.24) is 0 Å². The van der Waals surface area contributed by atoms with Crippen LogP contribution in [0.2, 0.25) is 0 Å². The van der Waals surface area contributed by atoms with Crippen molar-refractivity contribution in [1.29, 1.82) is 0 Å². The third kappa shape index (κ3) is 3.65. The Morgan fingerprint density at radius 2 is 1.58 bits per heavy atom. The first-order valence-electron chi connectivity index (χ1n) is 6.34. The molecule has 0 saturated heterocycles. The summed E-state index contributed by atoms with van der Waals surface area (Å²) in [5.41, 5.74) is 8.79. The molecule has 100 valence electrons. The van der Waals surface area contributed by atoms with Gasteiger partial charge < -0.3 is 15.2 Å². The summed E-state index contributed by atoms with van der Waals surface area (Å²) in [4.78, 5) is 0. The Kier molecular flexibility index (Phi) is 4.29. The monoisotopic (exact) mass is 257 g/mol. The van der Waals surface area contributed by atoms with Crippen LogP contribution < -0.4 is 15.2 Å². The number of para-hydroxylation sites is 1. The van der Waals surface area contributed by atoms with E-state index in [1.807, 2.05) is 56.3 Å². The number of ether oxygens (including phenoxy) is 2. The van der Waals surface area contributed by atoms with Gasteiger partial charge in [0.25, 0.3) is 0 Å². The normalized spacial score (nSPS) is 10.2. The van der Waals surface area contributed by atoms with Gasteiger partial charge in [0, 0.05) is 11.8 Å². The fourth-order valence-electron chi connectivity index (χ4n) is 1.83. The predicted octanol–water partition coefficient (Wildman–Crippen LogP) is 3.34. The fourth-order valence-corrected chi connectivity index (χ4v) is 1.83. The van der Waals surface area contributed by atoms with Crippen LogP contribution in [0.25, 0.3) is 0 Å². The number of anilines is 1. The maximum absolute atomic E-state index is 5.87. The number of nitrogen functional groups attached to an aromatic ring is 1. The predicted molar refractivity (Wildman–Crippen MR) is 77.8 cm³/mol. The molecule has 0 atom stereocenters. The highest BCUT2D eigenvalue weighted by Gasteiger charge is 2.03. The lowest BCUT2D eigenvalue weighted by molar-refractivity contribution is 0.216. The summed E-state index contributed by atoms with van der Waals surface area (Å²) in [5.74, 6) is 1.67. The molecule has 0 saturated carbocycles.